The fraction of sp³-hybridized carbons (Fsp3) is 0.455. The Labute approximate surface area is 109 Å². The van der Waals surface area contributed by atoms with Crippen LogP contribution in [0, 0.1) is 0 Å². The summed E-state index contributed by atoms with van der Waals surface area (Å²) in [5.74, 6) is -1.15. The molecule has 1 atom stereocenters. The zero-order chi connectivity index (χ0) is 13.5. The van der Waals surface area contributed by atoms with E-state index in [0.717, 1.165) is 5.56 Å². The molecule has 0 aliphatic carbocycles. The van der Waals surface area contributed by atoms with Crippen molar-refractivity contribution in [2.24, 2.45) is 0 Å². The quantitative estimate of drug-likeness (QED) is 0.712. The van der Waals surface area contributed by atoms with Gasteiger partial charge in [-0.05, 0) is 22.4 Å². The van der Waals surface area contributed by atoms with E-state index in [0.29, 0.717) is 6.54 Å². The van der Waals surface area contributed by atoms with Crippen LogP contribution in [0.1, 0.15) is 12.0 Å². The Hall–Kier alpha value is -1.60. The van der Waals surface area contributed by atoms with Crippen molar-refractivity contribution in [1.29, 1.82) is 0 Å². The number of rotatable bonds is 6. The van der Waals surface area contributed by atoms with Crippen LogP contribution in [0.25, 0.3) is 0 Å². The summed E-state index contributed by atoms with van der Waals surface area (Å²) in [4.78, 5) is 24.0. The molecule has 18 heavy (non-hydrogen) atoms. The van der Waals surface area contributed by atoms with E-state index in [1.165, 1.54) is 16.2 Å². The van der Waals surface area contributed by atoms with Crippen molar-refractivity contribution in [2.75, 3.05) is 13.7 Å². The largest absolute Gasteiger partial charge is 0.480 e. The third-order valence-electron chi connectivity index (χ3n) is 2.36. The third-order valence-corrected chi connectivity index (χ3v) is 3.09. The van der Waals surface area contributed by atoms with Gasteiger partial charge < -0.3 is 20.4 Å². The van der Waals surface area contributed by atoms with Crippen LogP contribution in [0.3, 0.4) is 0 Å². The Morgan fingerprint density at radius 1 is 1.56 bits per heavy atom. The van der Waals surface area contributed by atoms with Crippen LogP contribution in [0.5, 0.6) is 0 Å². The molecular weight excluding hydrogens is 256 g/mol. The molecule has 3 N–H and O–H groups in total. The molecule has 0 unspecified atom stereocenters. The van der Waals surface area contributed by atoms with Crippen molar-refractivity contribution in [1.82, 2.24) is 10.2 Å². The molecule has 1 rings (SSSR count). The highest BCUT2D eigenvalue weighted by atomic mass is 32.1. The number of hydrogen-bond acceptors (Lipinski definition) is 4. The summed E-state index contributed by atoms with van der Waals surface area (Å²) in [5, 5.41) is 23.8. The van der Waals surface area contributed by atoms with Crippen LogP contribution in [-0.2, 0) is 11.3 Å². The topological polar surface area (TPSA) is 89.9 Å². The number of hydrogen-bond donors (Lipinski definition) is 3. The zero-order valence-electron chi connectivity index (χ0n) is 10.00. The molecule has 0 saturated carbocycles. The molecule has 0 radical (unpaired) electrons. The van der Waals surface area contributed by atoms with Crippen molar-refractivity contribution in [3.63, 3.8) is 0 Å². The number of aliphatic hydroxyl groups excluding tert-OH is 1. The van der Waals surface area contributed by atoms with Crippen LogP contribution < -0.4 is 5.32 Å². The number of urea groups is 1. The second-order valence-corrected chi connectivity index (χ2v) is 4.62. The maximum Gasteiger partial charge on any atom is 0.326 e. The smallest absolute Gasteiger partial charge is 0.326 e. The average Bonchev–Trinajstić information content (AvgIpc) is 2.80. The van der Waals surface area contributed by atoms with Crippen molar-refractivity contribution >= 4 is 23.3 Å². The lowest BCUT2D eigenvalue weighted by Gasteiger charge is -2.20. The van der Waals surface area contributed by atoms with Crippen LogP contribution >= 0.6 is 11.3 Å². The van der Waals surface area contributed by atoms with Gasteiger partial charge in [0, 0.05) is 26.6 Å². The molecule has 0 fully saturated rings. The highest BCUT2D eigenvalue weighted by Gasteiger charge is 2.21. The average molecular weight is 272 g/mol. The molecule has 1 heterocycles. The molecule has 0 bridgehead atoms. The summed E-state index contributed by atoms with van der Waals surface area (Å²) >= 11 is 1.53. The van der Waals surface area contributed by atoms with Gasteiger partial charge in [0.25, 0.3) is 0 Å². The van der Waals surface area contributed by atoms with Crippen LogP contribution in [0.4, 0.5) is 4.79 Å². The van der Waals surface area contributed by atoms with Gasteiger partial charge in [-0.3, -0.25) is 0 Å². The Morgan fingerprint density at radius 3 is 2.78 bits per heavy atom. The van der Waals surface area contributed by atoms with Gasteiger partial charge in [0.1, 0.15) is 6.04 Å². The Balaban J connectivity index is 2.50. The number of carboxylic acid groups (broad SMARTS) is 1. The normalized spacial score (nSPS) is 11.9. The maximum absolute atomic E-state index is 11.7. The molecule has 0 spiro atoms. The van der Waals surface area contributed by atoms with E-state index >= 15 is 0 Å². The summed E-state index contributed by atoms with van der Waals surface area (Å²) in [7, 11) is 1.59. The highest BCUT2D eigenvalue weighted by molar-refractivity contribution is 7.07. The predicted octanol–water partition coefficient (Wildman–Crippen LogP) is 0.725. The number of aliphatic hydroxyl groups is 1. The molecule has 0 aliphatic rings. The number of carboxylic acids is 1. The molecule has 1 aromatic rings. The fourth-order valence-electron chi connectivity index (χ4n) is 1.37. The summed E-state index contributed by atoms with van der Waals surface area (Å²) in [6.45, 7) is 0.131. The maximum atomic E-state index is 11.7. The standard InChI is InChI=1S/C11H16N2O4S/c1-13(6-8-3-5-18-7-8)11(17)12-9(2-4-14)10(15)16/h3,5,7,9,14H,2,4,6H2,1H3,(H,12,17)(H,15,16)/t9-/m0/s1. The monoisotopic (exact) mass is 272 g/mol. The number of aliphatic carboxylic acids is 1. The van der Waals surface area contributed by atoms with Gasteiger partial charge in [-0.1, -0.05) is 0 Å². The second kappa shape index (κ2) is 6.97. The predicted molar refractivity (Wildman–Crippen MR) is 67.4 cm³/mol. The molecule has 2 amide bonds. The second-order valence-electron chi connectivity index (χ2n) is 3.84. The fourth-order valence-corrected chi connectivity index (χ4v) is 2.03. The molecule has 100 valence electrons. The van der Waals surface area contributed by atoms with E-state index in [9.17, 15) is 9.59 Å². The van der Waals surface area contributed by atoms with Crippen molar-refractivity contribution in [3.05, 3.63) is 22.4 Å². The Bertz CT molecular complexity index is 394. The zero-order valence-corrected chi connectivity index (χ0v) is 10.8. The number of nitrogens with zero attached hydrogens (tertiary/aromatic N) is 1. The van der Waals surface area contributed by atoms with E-state index < -0.39 is 18.0 Å². The lowest BCUT2D eigenvalue weighted by Crippen LogP contribution is -2.46. The number of amides is 2. The van der Waals surface area contributed by atoms with E-state index in [2.05, 4.69) is 5.32 Å². The van der Waals surface area contributed by atoms with Gasteiger partial charge in [0.2, 0.25) is 0 Å². The minimum absolute atomic E-state index is 0.00658. The molecule has 0 saturated heterocycles. The highest BCUT2D eigenvalue weighted by Crippen LogP contribution is 2.08. The third kappa shape index (κ3) is 4.34. The molecule has 6 nitrogen and oxygen atoms in total. The van der Waals surface area contributed by atoms with Gasteiger partial charge in [0.05, 0.1) is 0 Å². The number of thiophene rings is 1. The van der Waals surface area contributed by atoms with Crippen LogP contribution in [0.15, 0.2) is 16.8 Å². The minimum atomic E-state index is -1.15. The molecule has 0 aromatic carbocycles. The molecule has 0 aliphatic heterocycles. The Kier molecular flexibility index (Phi) is 5.60. The Morgan fingerprint density at radius 2 is 2.28 bits per heavy atom. The van der Waals surface area contributed by atoms with Crippen molar-refractivity contribution in [2.45, 2.75) is 19.0 Å². The first kappa shape index (κ1) is 14.5. The van der Waals surface area contributed by atoms with Gasteiger partial charge in [-0.2, -0.15) is 11.3 Å². The van der Waals surface area contributed by atoms with Gasteiger partial charge >= 0.3 is 12.0 Å². The number of carbonyl (C=O) groups is 2. The SMILES string of the molecule is CN(Cc1ccsc1)C(=O)N[C@@H](CCO)C(=O)O. The van der Waals surface area contributed by atoms with E-state index in [1.54, 1.807) is 7.05 Å². The lowest BCUT2D eigenvalue weighted by molar-refractivity contribution is -0.139. The minimum Gasteiger partial charge on any atom is -0.480 e. The van der Waals surface area contributed by atoms with Gasteiger partial charge in [-0.25, -0.2) is 9.59 Å². The number of carbonyl (C=O) groups excluding carboxylic acids is 1. The van der Waals surface area contributed by atoms with E-state index in [4.69, 9.17) is 10.2 Å². The van der Waals surface area contributed by atoms with Gasteiger partial charge in [-0.15, -0.1) is 0 Å². The summed E-state index contributed by atoms with van der Waals surface area (Å²) in [5.41, 5.74) is 0.992. The van der Waals surface area contributed by atoms with Crippen molar-refractivity contribution in [3.8, 4) is 0 Å². The van der Waals surface area contributed by atoms with E-state index in [-0.39, 0.29) is 13.0 Å². The lowest BCUT2D eigenvalue weighted by atomic mass is 10.2. The van der Waals surface area contributed by atoms with E-state index in [1.807, 2.05) is 16.8 Å². The summed E-state index contributed by atoms with van der Waals surface area (Å²) < 4.78 is 0. The first-order valence-electron chi connectivity index (χ1n) is 5.41. The first-order valence-corrected chi connectivity index (χ1v) is 6.35. The van der Waals surface area contributed by atoms with Crippen LogP contribution in [-0.4, -0.2) is 46.8 Å². The number of nitrogens with one attached hydrogen (secondary N) is 1. The van der Waals surface area contributed by atoms with Crippen molar-refractivity contribution < 1.29 is 19.8 Å². The summed E-state index contributed by atoms with van der Waals surface area (Å²) in [6, 6.07) is 0.367. The first-order chi connectivity index (χ1) is 8.54. The van der Waals surface area contributed by atoms with Gasteiger partial charge in [0.15, 0.2) is 0 Å². The molecule has 1 aromatic heterocycles. The van der Waals surface area contributed by atoms with Crippen LogP contribution in [0.2, 0.25) is 0 Å². The molecular formula is C11H16N2O4S. The molecule has 7 heteroatoms. The summed E-state index contributed by atoms with van der Waals surface area (Å²) in [6.07, 6.45) is -0.00658.